The molecule has 4 amide bonds. The van der Waals surface area contributed by atoms with E-state index >= 15 is 0 Å². The van der Waals surface area contributed by atoms with Crippen molar-refractivity contribution < 1.29 is 14.4 Å². The molecule has 0 unspecified atom stereocenters. The Hall–Kier alpha value is -2.38. The van der Waals surface area contributed by atoms with Crippen LogP contribution in [0.1, 0.15) is 49.1 Å². The number of nitrogens with one attached hydrogen (secondary N) is 1. The Morgan fingerprint density at radius 2 is 1.85 bits per heavy atom. The normalized spacial score (nSPS) is 21.9. The predicted octanol–water partition coefficient (Wildman–Crippen LogP) is 1.11. The number of likely N-dealkylation sites (tertiary alicyclic amines) is 1. The molecule has 1 spiro atoms. The summed E-state index contributed by atoms with van der Waals surface area (Å²) in [5.74, 6) is -0.0459. The van der Waals surface area contributed by atoms with Crippen molar-refractivity contribution >= 4 is 17.8 Å². The largest absolute Gasteiger partial charge is 0.342 e. The van der Waals surface area contributed by atoms with Crippen molar-refractivity contribution in [3.05, 3.63) is 17.0 Å². The summed E-state index contributed by atoms with van der Waals surface area (Å²) in [4.78, 5) is 41.9. The topological polar surface area (TPSA) is 89.6 Å². The van der Waals surface area contributed by atoms with Crippen LogP contribution >= 0.6 is 0 Å². The zero-order valence-corrected chi connectivity index (χ0v) is 16.1. The van der Waals surface area contributed by atoms with Gasteiger partial charge < -0.3 is 9.80 Å². The average Bonchev–Trinajstić information content (AvgIpc) is 3.18. The van der Waals surface area contributed by atoms with Crippen LogP contribution in [-0.2, 0) is 28.9 Å². The van der Waals surface area contributed by atoms with E-state index in [1.807, 2.05) is 4.90 Å². The SMILES string of the molecule is CN1C(=O)N(C)C2(CCN(C(=O)CCc3n[nH]c4c3CCCC4)CC2)C1=O. The third-order valence-electron chi connectivity index (χ3n) is 6.58. The van der Waals surface area contributed by atoms with Crippen LogP contribution in [-0.4, -0.2) is 75.5 Å². The number of carbonyl (C=O) groups excluding carboxylic acids is 3. The van der Waals surface area contributed by atoms with Gasteiger partial charge in [0.2, 0.25) is 5.91 Å². The van der Waals surface area contributed by atoms with Crippen molar-refractivity contribution in [2.75, 3.05) is 27.2 Å². The number of H-pyrrole nitrogens is 1. The molecule has 0 aromatic carbocycles. The van der Waals surface area contributed by atoms with Crippen LogP contribution in [0.4, 0.5) is 4.79 Å². The first-order valence-corrected chi connectivity index (χ1v) is 9.83. The van der Waals surface area contributed by atoms with Crippen LogP contribution in [0.2, 0.25) is 0 Å². The molecule has 3 aliphatic rings. The number of aromatic amines is 1. The Kier molecular flexibility index (Phi) is 4.44. The molecule has 27 heavy (non-hydrogen) atoms. The fraction of sp³-hybridized carbons (Fsp3) is 0.684. The molecule has 0 bridgehead atoms. The fourth-order valence-corrected chi connectivity index (χ4v) is 4.77. The lowest BCUT2D eigenvalue weighted by Gasteiger charge is -2.40. The molecule has 1 aromatic heterocycles. The number of rotatable bonds is 3. The maximum absolute atomic E-state index is 12.7. The van der Waals surface area contributed by atoms with E-state index < -0.39 is 5.54 Å². The van der Waals surface area contributed by atoms with Crippen LogP contribution in [0.3, 0.4) is 0 Å². The molecule has 3 heterocycles. The minimum absolute atomic E-state index is 0.102. The fourth-order valence-electron chi connectivity index (χ4n) is 4.77. The second kappa shape index (κ2) is 6.65. The number of fused-ring (bicyclic) bond motifs is 1. The number of nitrogens with zero attached hydrogens (tertiary/aromatic N) is 4. The van der Waals surface area contributed by atoms with Crippen molar-refractivity contribution in [1.29, 1.82) is 0 Å². The van der Waals surface area contributed by atoms with Gasteiger partial charge in [-0.1, -0.05) is 0 Å². The van der Waals surface area contributed by atoms with E-state index in [0.29, 0.717) is 38.8 Å². The van der Waals surface area contributed by atoms with Crippen LogP contribution in [0.5, 0.6) is 0 Å². The summed E-state index contributed by atoms with van der Waals surface area (Å²) in [5.41, 5.74) is 2.81. The highest BCUT2D eigenvalue weighted by Crippen LogP contribution is 2.35. The molecule has 1 N–H and O–H groups in total. The summed E-state index contributed by atoms with van der Waals surface area (Å²) >= 11 is 0. The second-order valence-corrected chi connectivity index (χ2v) is 7.95. The van der Waals surface area contributed by atoms with E-state index in [1.54, 1.807) is 11.9 Å². The van der Waals surface area contributed by atoms with Gasteiger partial charge in [0.1, 0.15) is 5.54 Å². The minimum Gasteiger partial charge on any atom is -0.342 e. The van der Waals surface area contributed by atoms with Crippen LogP contribution in [0.25, 0.3) is 0 Å². The predicted molar refractivity (Wildman–Crippen MR) is 98.0 cm³/mol. The number of likely N-dealkylation sites (N-methyl/N-ethyl adjacent to an activating group) is 2. The molecule has 146 valence electrons. The quantitative estimate of drug-likeness (QED) is 0.804. The van der Waals surface area contributed by atoms with E-state index in [-0.39, 0.29) is 17.8 Å². The number of imide groups is 1. The Bertz CT molecular complexity index is 778. The molecule has 0 radical (unpaired) electrons. The van der Waals surface area contributed by atoms with Gasteiger partial charge >= 0.3 is 6.03 Å². The van der Waals surface area contributed by atoms with E-state index in [2.05, 4.69) is 10.2 Å². The highest BCUT2D eigenvalue weighted by atomic mass is 16.2. The van der Waals surface area contributed by atoms with Crippen molar-refractivity contribution in [1.82, 2.24) is 24.9 Å². The molecular weight excluding hydrogens is 346 g/mol. The highest BCUT2D eigenvalue weighted by molar-refractivity contribution is 6.06. The Morgan fingerprint density at radius 1 is 1.15 bits per heavy atom. The lowest BCUT2D eigenvalue weighted by molar-refractivity contribution is -0.140. The van der Waals surface area contributed by atoms with Crippen molar-refractivity contribution in [3.63, 3.8) is 0 Å². The number of carbonyl (C=O) groups is 3. The standard InChI is InChI=1S/C19H27N5O3/c1-22-17(26)19(23(2)18(22)27)9-11-24(12-10-19)16(25)8-7-15-13-5-3-4-6-14(13)20-21-15/h3-12H2,1-2H3,(H,20,21). The first-order valence-electron chi connectivity index (χ1n) is 9.83. The number of hydrogen-bond acceptors (Lipinski definition) is 4. The molecule has 0 atom stereocenters. The smallest absolute Gasteiger partial charge is 0.327 e. The van der Waals surface area contributed by atoms with Crippen molar-refractivity contribution in [2.24, 2.45) is 0 Å². The van der Waals surface area contributed by atoms with Crippen molar-refractivity contribution in [2.45, 2.75) is 56.9 Å². The Balaban J connectivity index is 1.35. The molecule has 1 aliphatic carbocycles. The van der Waals surface area contributed by atoms with Gasteiger partial charge in [0, 0.05) is 45.7 Å². The molecule has 8 nitrogen and oxygen atoms in total. The number of urea groups is 1. The summed E-state index contributed by atoms with van der Waals surface area (Å²) in [5, 5.41) is 7.55. The molecule has 1 aromatic rings. The molecule has 2 saturated heterocycles. The first-order chi connectivity index (χ1) is 12.9. The summed E-state index contributed by atoms with van der Waals surface area (Å²) in [6, 6.07) is -0.261. The van der Waals surface area contributed by atoms with Crippen LogP contribution < -0.4 is 0 Å². The van der Waals surface area contributed by atoms with E-state index in [9.17, 15) is 14.4 Å². The van der Waals surface area contributed by atoms with Gasteiger partial charge in [-0.05, 0) is 44.1 Å². The molecular formula is C19H27N5O3. The van der Waals surface area contributed by atoms with E-state index in [1.165, 1.54) is 36.0 Å². The average molecular weight is 373 g/mol. The van der Waals surface area contributed by atoms with Gasteiger partial charge in [0.15, 0.2) is 0 Å². The summed E-state index contributed by atoms with van der Waals surface area (Å²) in [7, 11) is 3.21. The zero-order chi connectivity index (χ0) is 19.2. The van der Waals surface area contributed by atoms with Gasteiger partial charge in [-0.15, -0.1) is 0 Å². The lowest BCUT2D eigenvalue weighted by Crippen LogP contribution is -2.56. The molecule has 0 saturated carbocycles. The van der Waals surface area contributed by atoms with Gasteiger partial charge in [-0.25, -0.2) is 4.79 Å². The zero-order valence-electron chi connectivity index (χ0n) is 16.1. The van der Waals surface area contributed by atoms with Crippen LogP contribution in [0.15, 0.2) is 0 Å². The Morgan fingerprint density at radius 3 is 2.52 bits per heavy atom. The van der Waals surface area contributed by atoms with E-state index in [4.69, 9.17) is 0 Å². The number of piperidine rings is 1. The third kappa shape index (κ3) is 2.82. The van der Waals surface area contributed by atoms with Gasteiger partial charge in [0.25, 0.3) is 5.91 Å². The number of amides is 4. The van der Waals surface area contributed by atoms with Gasteiger partial charge in [-0.2, -0.15) is 5.10 Å². The summed E-state index contributed by atoms with van der Waals surface area (Å²) in [6.07, 6.45) is 6.60. The second-order valence-electron chi connectivity index (χ2n) is 7.95. The van der Waals surface area contributed by atoms with Gasteiger partial charge in [-0.3, -0.25) is 19.6 Å². The number of hydrogen-bond donors (Lipinski definition) is 1. The molecule has 2 aliphatic heterocycles. The first kappa shape index (κ1) is 18.0. The van der Waals surface area contributed by atoms with Crippen LogP contribution in [0, 0.1) is 0 Å². The summed E-state index contributed by atoms with van der Waals surface area (Å²) < 4.78 is 0. The monoisotopic (exact) mass is 373 g/mol. The van der Waals surface area contributed by atoms with Gasteiger partial charge in [0.05, 0.1) is 5.69 Å². The maximum Gasteiger partial charge on any atom is 0.327 e. The third-order valence-corrected chi connectivity index (χ3v) is 6.58. The summed E-state index contributed by atoms with van der Waals surface area (Å²) in [6.45, 7) is 1.02. The highest BCUT2D eigenvalue weighted by Gasteiger charge is 2.55. The minimum atomic E-state index is -0.774. The number of aromatic nitrogens is 2. The molecule has 4 rings (SSSR count). The Labute approximate surface area is 158 Å². The molecule has 2 fully saturated rings. The lowest BCUT2D eigenvalue weighted by atomic mass is 9.86. The van der Waals surface area contributed by atoms with Crippen molar-refractivity contribution in [3.8, 4) is 0 Å². The number of aryl methyl sites for hydroxylation is 2. The maximum atomic E-state index is 12.7. The van der Waals surface area contributed by atoms with E-state index in [0.717, 1.165) is 18.5 Å². The molecule has 8 heteroatoms.